The molecule has 0 spiro atoms. The molecule has 0 amide bonds. The third kappa shape index (κ3) is 3.65. The van der Waals surface area contributed by atoms with Crippen molar-refractivity contribution >= 4 is 39.3 Å². The van der Waals surface area contributed by atoms with Gasteiger partial charge < -0.3 is 0 Å². The third-order valence-electron chi connectivity index (χ3n) is 2.44. The summed E-state index contributed by atoms with van der Waals surface area (Å²) >= 11 is 8.97. The first-order chi connectivity index (χ1) is 7.74. The zero-order valence-corrected chi connectivity index (χ0v) is 11.6. The van der Waals surface area contributed by atoms with Crippen molar-refractivity contribution in [3.8, 4) is 0 Å². The van der Waals surface area contributed by atoms with E-state index >= 15 is 0 Å². The van der Waals surface area contributed by atoms with Crippen LogP contribution in [0.5, 0.6) is 0 Å². The normalized spacial score (nSPS) is 18.8. The number of hydrogen-bond acceptors (Lipinski definition) is 3. The van der Waals surface area contributed by atoms with Gasteiger partial charge in [-0.15, -0.1) is 11.8 Å². The fraction of sp³-hybridized carbons (Fsp3) is 0.308. The molecule has 0 aliphatic heterocycles. The van der Waals surface area contributed by atoms with E-state index in [-0.39, 0.29) is 0 Å². The van der Waals surface area contributed by atoms with E-state index < -0.39 is 0 Å². The van der Waals surface area contributed by atoms with Gasteiger partial charge in [0.1, 0.15) is 3.53 Å². The zero-order chi connectivity index (χ0) is 11.4. The lowest BCUT2D eigenvalue weighted by molar-refractivity contribution is 0.897. The van der Waals surface area contributed by atoms with Gasteiger partial charge in [0.05, 0.1) is 0 Å². The average molecular weight is 266 g/mol. The molecule has 84 valence electrons. The molecule has 2 rings (SSSR count). The van der Waals surface area contributed by atoms with Crippen LogP contribution >= 0.6 is 35.7 Å². The van der Waals surface area contributed by atoms with Crippen LogP contribution in [0.1, 0.15) is 18.9 Å². The van der Waals surface area contributed by atoms with E-state index in [1.165, 1.54) is 17.6 Å². The molecule has 0 aromatic heterocycles. The van der Waals surface area contributed by atoms with Crippen LogP contribution in [0, 0.1) is 0 Å². The van der Waals surface area contributed by atoms with Gasteiger partial charge in [0, 0.05) is 11.0 Å². The molecule has 3 heteroatoms. The first-order valence-corrected chi connectivity index (χ1v) is 7.56. The molecule has 0 radical (unpaired) electrons. The summed E-state index contributed by atoms with van der Waals surface area (Å²) in [5, 5.41) is 0.635. The molecular formula is C13H14S3. The first-order valence-electron chi connectivity index (χ1n) is 5.28. The summed E-state index contributed by atoms with van der Waals surface area (Å²) in [6.45, 7) is 2.18. The fourth-order valence-corrected chi connectivity index (χ4v) is 4.29. The number of benzene rings is 1. The monoisotopic (exact) mass is 266 g/mol. The fourth-order valence-electron chi connectivity index (χ4n) is 1.55. The summed E-state index contributed by atoms with van der Waals surface area (Å²) < 4.78 is 1.07. The van der Waals surface area contributed by atoms with Crippen LogP contribution in [0.2, 0.25) is 0 Å². The minimum atomic E-state index is 0.635. The summed E-state index contributed by atoms with van der Waals surface area (Å²) in [6, 6.07) is 10.5. The molecule has 1 aliphatic rings. The lowest BCUT2D eigenvalue weighted by atomic mass is 10.0. The topological polar surface area (TPSA) is 0 Å². The molecule has 1 aromatic carbocycles. The highest BCUT2D eigenvalue weighted by molar-refractivity contribution is 8.47. The van der Waals surface area contributed by atoms with Crippen LogP contribution < -0.4 is 0 Å². The maximum Gasteiger partial charge on any atom is 0.105 e. The molecule has 0 heterocycles. The highest BCUT2D eigenvalue weighted by Crippen LogP contribution is 2.34. The molecule has 1 atom stereocenters. The van der Waals surface area contributed by atoms with Gasteiger partial charge in [-0.3, -0.25) is 0 Å². The number of hydrogen-bond donors (Lipinski definition) is 0. The van der Waals surface area contributed by atoms with Gasteiger partial charge >= 0.3 is 0 Å². The van der Waals surface area contributed by atoms with Crippen LogP contribution in [-0.4, -0.2) is 8.78 Å². The summed E-state index contributed by atoms with van der Waals surface area (Å²) in [6.07, 6.45) is 3.51. The van der Waals surface area contributed by atoms with Crippen LogP contribution in [-0.2, 0) is 5.75 Å². The molecule has 0 saturated carbocycles. The molecule has 16 heavy (non-hydrogen) atoms. The maximum atomic E-state index is 5.36. The van der Waals surface area contributed by atoms with E-state index in [4.69, 9.17) is 12.2 Å². The van der Waals surface area contributed by atoms with Crippen molar-refractivity contribution in [2.75, 3.05) is 0 Å². The Morgan fingerprint density at radius 2 is 2.06 bits per heavy atom. The predicted molar refractivity (Wildman–Crippen MR) is 80.1 cm³/mol. The summed E-state index contributed by atoms with van der Waals surface area (Å²) in [7, 11) is 0. The van der Waals surface area contributed by atoms with Crippen LogP contribution in [0.3, 0.4) is 0 Å². The van der Waals surface area contributed by atoms with Gasteiger partial charge in [-0.25, -0.2) is 0 Å². The van der Waals surface area contributed by atoms with Gasteiger partial charge in [0.2, 0.25) is 0 Å². The lowest BCUT2D eigenvalue weighted by Crippen LogP contribution is -2.11. The Morgan fingerprint density at radius 1 is 1.38 bits per heavy atom. The lowest BCUT2D eigenvalue weighted by Gasteiger charge is -2.22. The Balaban J connectivity index is 1.72. The van der Waals surface area contributed by atoms with E-state index in [1.54, 1.807) is 11.8 Å². The number of allylic oxidation sites excluding steroid dienone is 1. The number of rotatable bonds is 3. The van der Waals surface area contributed by atoms with Crippen molar-refractivity contribution in [3.63, 3.8) is 0 Å². The molecule has 0 bridgehead atoms. The van der Waals surface area contributed by atoms with Gasteiger partial charge in [-0.05, 0) is 18.9 Å². The van der Waals surface area contributed by atoms with Crippen molar-refractivity contribution in [1.29, 1.82) is 0 Å². The summed E-state index contributed by atoms with van der Waals surface area (Å²) in [5.74, 6) is 0.988. The van der Waals surface area contributed by atoms with Crippen molar-refractivity contribution in [2.45, 2.75) is 24.3 Å². The van der Waals surface area contributed by atoms with Crippen molar-refractivity contribution in [3.05, 3.63) is 47.5 Å². The maximum absolute atomic E-state index is 5.36. The smallest absolute Gasteiger partial charge is 0.103 e. The second-order valence-corrected chi connectivity index (χ2v) is 7.32. The van der Waals surface area contributed by atoms with Crippen molar-refractivity contribution < 1.29 is 0 Å². The van der Waals surface area contributed by atoms with Crippen LogP contribution in [0.25, 0.3) is 0 Å². The third-order valence-corrected chi connectivity index (χ3v) is 5.24. The molecule has 1 aromatic rings. The number of thiocarbonyl (C=S) groups is 1. The second-order valence-electron chi connectivity index (χ2n) is 3.90. The molecule has 0 nitrogen and oxygen atoms in total. The number of thioether (sulfide) groups is 2. The molecule has 1 unspecified atom stereocenters. The Hall–Kier alpha value is -0.250. The van der Waals surface area contributed by atoms with E-state index in [0.29, 0.717) is 5.25 Å². The second kappa shape index (κ2) is 5.89. The van der Waals surface area contributed by atoms with Crippen molar-refractivity contribution in [2.24, 2.45) is 0 Å². The van der Waals surface area contributed by atoms with Gasteiger partial charge in [0.25, 0.3) is 0 Å². The highest BCUT2D eigenvalue weighted by Gasteiger charge is 2.17. The minimum Gasteiger partial charge on any atom is -0.103 e. The van der Waals surface area contributed by atoms with E-state index in [9.17, 15) is 0 Å². The minimum absolute atomic E-state index is 0.635. The largest absolute Gasteiger partial charge is 0.105 e. The van der Waals surface area contributed by atoms with E-state index in [1.807, 2.05) is 17.8 Å². The quantitative estimate of drug-likeness (QED) is 0.577. The Morgan fingerprint density at radius 3 is 2.69 bits per heavy atom. The zero-order valence-electron chi connectivity index (χ0n) is 9.18. The predicted octanol–water partition coefficient (Wildman–Crippen LogP) is 4.66. The van der Waals surface area contributed by atoms with Gasteiger partial charge in [0.15, 0.2) is 0 Å². The molecule has 1 aliphatic carbocycles. The molecule has 0 N–H and O–H groups in total. The van der Waals surface area contributed by atoms with E-state index in [0.717, 1.165) is 9.28 Å². The van der Waals surface area contributed by atoms with Crippen LogP contribution in [0.15, 0.2) is 42.0 Å². The van der Waals surface area contributed by atoms with Gasteiger partial charge in [-0.2, -0.15) is 0 Å². The SMILES string of the molecule is CC1=CC(SC(=S)SCc2ccccc2)C1. The average Bonchev–Trinajstić information content (AvgIpc) is 2.26. The summed E-state index contributed by atoms with van der Waals surface area (Å²) in [4.78, 5) is 0. The van der Waals surface area contributed by atoms with E-state index in [2.05, 4.69) is 37.3 Å². The Kier molecular flexibility index (Phi) is 4.50. The molecule has 0 saturated heterocycles. The Bertz CT molecular complexity index is 395. The first kappa shape index (κ1) is 12.2. The molecular weight excluding hydrogens is 252 g/mol. The van der Waals surface area contributed by atoms with Gasteiger partial charge in [-0.1, -0.05) is 66.0 Å². The Labute approximate surface area is 111 Å². The molecule has 0 fully saturated rings. The van der Waals surface area contributed by atoms with Crippen molar-refractivity contribution in [1.82, 2.24) is 0 Å². The highest BCUT2D eigenvalue weighted by atomic mass is 32.2. The van der Waals surface area contributed by atoms with Crippen LogP contribution in [0.4, 0.5) is 0 Å². The summed E-state index contributed by atoms with van der Waals surface area (Å²) in [5.41, 5.74) is 2.84. The standard InChI is InChI=1S/C13H14S3/c1-10-7-12(8-10)16-13(14)15-9-11-5-3-2-4-6-11/h2-7,12H,8-9H2,1H3.